The maximum Gasteiger partial charge on any atom is 0.147 e. The molecule has 1 aliphatic rings. The van der Waals surface area contributed by atoms with Gasteiger partial charge in [0.25, 0.3) is 0 Å². The van der Waals surface area contributed by atoms with Gasteiger partial charge in [-0.1, -0.05) is 42.0 Å². The van der Waals surface area contributed by atoms with Crippen LogP contribution in [0.1, 0.15) is 18.3 Å². The first kappa shape index (κ1) is 12.1. The molecule has 1 aliphatic heterocycles. The van der Waals surface area contributed by atoms with Crippen LogP contribution in [0.4, 0.5) is 0 Å². The topological polar surface area (TPSA) is 34.0 Å². The van der Waals surface area contributed by atoms with Crippen LogP contribution in [-0.4, -0.2) is 32.8 Å². The maximum atomic E-state index is 4.15. The van der Waals surface area contributed by atoms with E-state index in [-0.39, 0.29) is 0 Å². The zero-order chi connectivity index (χ0) is 13.1. The Balaban J connectivity index is 1.65. The molecular weight excluding hydrogens is 236 g/mol. The van der Waals surface area contributed by atoms with Gasteiger partial charge in [0.2, 0.25) is 0 Å². The Kier molecular flexibility index (Phi) is 3.42. The molecule has 1 aromatic carbocycles. The van der Waals surface area contributed by atoms with E-state index in [1.54, 1.807) is 0 Å². The molecule has 0 saturated heterocycles. The van der Waals surface area contributed by atoms with E-state index < -0.39 is 0 Å². The van der Waals surface area contributed by atoms with Gasteiger partial charge in [0.05, 0.1) is 6.54 Å². The summed E-state index contributed by atoms with van der Waals surface area (Å²) in [5, 5.41) is 8.11. The van der Waals surface area contributed by atoms with Crippen molar-refractivity contribution in [2.24, 2.45) is 0 Å². The molecule has 0 saturated carbocycles. The molecule has 0 N–H and O–H groups in total. The Hall–Kier alpha value is -1.94. The van der Waals surface area contributed by atoms with Gasteiger partial charge < -0.3 is 4.57 Å². The zero-order valence-electron chi connectivity index (χ0n) is 11.2. The number of nitrogens with zero attached hydrogens (tertiary/aromatic N) is 4. The standard InChI is InChI=1S/C15H18N4/c1-13(9-14-5-3-2-4-6-14)10-18-7-8-19-12-16-17-15(19)11-18/h2-6,9,12H,7-8,10-11H2,1H3/b13-9+. The highest BCUT2D eigenvalue weighted by Crippen LogP contribution is 2.13. The van der Waals surface area contributed by atoms with E-state index in [2.05, 4.69) is 56.9 Å². The van der Waals surface area contributed by atoms with Crippen molar-refractivity contribution in [3.63, 3.8) is 0 Å². The minimum Gasteiger partial charge on any atom is -0.315 e. The molecule has 0 unspecified atom stereocenters. The van der Waals surface area contributed by atoms with Gasteiger partial charge in [-0.2, -0.15) is 0 Å². The molecule has 0 aliphatic carbocycles. The van der Waals surface area contributed by atoms with Gasteiger partial charge in [0.15, 0.2) is 0 Å². The smallest absolute Gasteiger partial charge is 0.147 e. The van der Waals surface area contributed by atoms with Crippen molar-refractivity contribution in [1.29, 1.82) is 0 Å². The van der Waals surface area contributed by atoms with Crippen LogP contribution in [0.3, 0.4) is 0 Å². The average molecular weight is 254 g/mol. The van der Waals surface area contributed by atoms with E-state index in [0.717, 1.165) is 32.0 Å². The third-order valence-corrected chi connectivity index (χ3v) is 3.40. The maximum absolute atomic E-state index is 4.15. The van der Waals surface area contributed by atoms with Gasteiger partial charge in [0.1, 0.15) is 12.2 Å². The quantitative estimate of drug-likeness (QED) is 0.842. The Bertz CT molecular complexity index is 571. The van der Waals surface area contributed by atoms with Crippen LogP contribution in [0.5, 0.6) is 0 Å². The largest absolute Gasteiger partial charge is 0.315 e. The number of fused-ring (bicyclic) bond motifs is 1. The fourth-order valence-electron chi connectivity index (χ4n) is 2.48. The number of aromatic nitrogens is 3. The van der Waals surface area contributed by atoms with Crippen molar-refractivity contribution >= 4 is 6.08 Å². The Labute approximate surface area is 113 Å². The third-order valence-electron chi connectivity index (χ3n) is 3.40. The fraction of sp³-hybridized carbons (Fsp3) is 0.333. The number of benzene rings is 1. The van der Waals surface area contributed by atoms with E-state index in [9.17, 15) is 0 Å². The molecule has 2 aromatic rings. The van der Waals surface area contributed by atoms with Crippen molar-refractivity contribution in [2.75, 3.05) is 13.1 Å². The van der Waals surface area contributed by atoms with Gasteiger partial charge in [0, 0.05) is 19.6 Å². The van der Waals surface area contributed by atoms with Gasteiger partial charge >= 0.3 is 0 Å². The first-order valence-electron chi connectivity index (χ1n) is 6.62. The minimum atomic E-state index is 0.889. The molecule has 98 valence electrons. The summed E-state index contributed by atoms with van der Waals surface area (Å²) < 4.78 is 2.13. The molecule has 0 amide bonds. The van der Waals surface area contributed by atoms with Crippen molar-refractivity contribution in [3.8, 4) is 0 Å². The summed E-state index contributed by atoms with van der Waals surface area (Å²) in [7, 11) is 0. The lowest BCUT2D eigenvalue weighted by Crippen LogP contribution is -2.34. The summed E-state index contributed by atoms with van der Waals surface area (Å²) in [5.41, 5.74) is 2.64. The molecule has 3 rings (SSSR count). The average Bonchev–Trinajstić information content (AvgIpc) is 2.87. The number of hydrogen-bond donors (Lipinski definition) is 0. The molecule has 2 heterocycles. The van der Waals surface area contributed by atoms with Crippen molar-refractivity contribution < 1.29 is 0 Å². The van der Waals surface area contributed by atoms with E-state index in [1.807, 2.05) is 12.4 Å². The second kappa shape index (κ2) is 5.36. The van der Waals surface area contributed by atoms with Gasteiger partial charge in [-0.3, -0.25) is 4.90 Å². The lowest BCUT2D eigenvalue weighted by atomic mass is 10.1. The van der Waals surface area contributed by atoms with Crippen LogP contribution in [0, 0.1) is 0 Å². The van der Waals surface area contributed by atoms with Crippen LogP contribution in [0.2, 0.25) is 0 Å². The molecule has 19 heavy (non-hydrogen) atoms. The molecule has 0 radical (unpaired) electrons. The second-order valence-electron chi connectivity index (χ2n) is 5.05. The molecule has 1 aromatic heterocycles. The summed E-state index contributed by atoms with van der Waals surface area (Å²) in [4.78, 5) is 2.42. The van der Waals surface area contributed by atoms with Crippen LogP contribution in [-0.2, 0) is 13.1 Å². The van der Waals surface area contributed by atoms with Gasteiger partial charge in [-0.05, 0) is 12.5 Å². The van der Waals surface area contributed by atoms with Crippen LogP contribution < -0.4 is 0 Å². The first-order valence-corrected chi connectivity index (χ1v) is 6.62. The van der Waals surface area contributed by atoms with E-state index in [0.29, 0.717) is 0 Å². The monoisotopic (exact) mass is 254 g/mol. The number of rotatable bonds is 3. The SMILES string of the molecule is C/C(=C\c1ccccc1)CN1CCn2cnnc2C1. The molecule has 0 fully saturated rings. The summed E-state index contributed by atoms with van der Waals surface area (Å²) >= 11 is 0. The predicted octanol–water partition coefficient (Wildman–Crippen LogP) is 2.20. The lowest BCUT2D eigenvalue weighted by Gasteiger charge is -2.27. The van der Waals surface area contributed by atoms with Crippen LogP contribution in [0.15, 0.2) is 42.2 Å². The molecule has 0 atom stereocenters. The molecule has 0 spiro atoms. The summed E-state index contributed by atoms with van der Waals surface area (Å²) in [5.74, 6) is 1.07. The van der Waals surface area contributed by atoms with Crippen molar-refractivity contribution in [2.45, 2.75) is 20.0 Å². The highest BCUT2D eigenvalue weighted by Gasteiger charge is 2.16. The predicted molar refractivity (Wildman–Crippen MR) is 75.4 cm³/mol. The molecule has 4 nitrogen and oxygen atoms in total. The third kappa shape index (κ3) is 2.90. The van der Waals surface area contributed by atoms with Gasteiger partial charge in [-0.25, -0.2) is 0 Å². The molecular formula is C15H18N4. The number of hydrogen-bond acceptors (Lipinski definition) is 3. The highest BCUT2D eigenvalue weighted by molar-refractivity contribution is 5.52. The Morgan fingerprint density at radius 1 is 1.26 bits per heavy atom. The summed E-state index contributed by atoms with van der Waals surface area (Å²) in [6.45, 7) is 6.11. The van der Waals surface area contributed by atoms with E-state index >= 15 is 0 Å². The molecule has 0 bridgehead atoms. The normalized spacial score (nSPS) is 16.4. The first-order chi connectivity index (χ1) is 9.31. The van der Waals surface area contributed by atoms with E-state index in [4.69, 9.17) is 0 Å². The van der Waals surface area contributed by atoms with Crippen molar-refractivity contribution in [1.82, 2.24) is 19.7 Å². The van der Waals surface area contributed by atoms with Crippen LogP contribution in [0.25, 0.3) is 6.08 Å². The lowest BCUT2D eigenvalue weighted by molar-refractivity contribution is 0.235. The fourth-order valence-corrected chi connectivity index (χ4v) is 2.48. The summed E-state index contributed by atoms with van der Waals surface area (Å²) in [6.07, 6.45) is 4.07. The summed E-state index contributed by atoms with van der Waals surface area (Å²) in [6, 6.07) is 10.5. The Morgan fingerprint density at radius 3 is 2.95 bits per heavy atom. The van der Waals surface area contributed by atoms with Crippen molar-refractivity contribution in [3.05, 3.63) is 53.6 Å². The van der Waals surface area contributed by atoms with E-state index in [1.165, 1.54) is 11.1 Å². The van der Waals surface area contributed by atoms with Gasteiger partial charge in [-0.15, -0.1) is 10.2 Å². The highest BCUT2D eigenvalue weighted by atomic mass is 15.3. The molecule has 4 heteroatoms. The zero-order valence-corrected chi connectivity index (χ0v) is 11.2. The minimum absolute atomic E-state index is 0.889. The van der Waals surface area contributed by atoms with Crippen LogP contribution >= 0.6 is 0 Å². The Morgan fingerprint density at radius 2 is 2.11 bits per heavy atom. The second-order valence-corrected chi connectivity index (χ2v) is 5.05.